The summed E-state index contributed by atoms with van der Waals surface area (Å²) >= 11 is 0. The molecule has 5 aromatic rings. The Morgan fingerprint density at radius 1 is 1.03 bits per heavy atom. The zero-order chi connectivity index (χ0) is 27.0. The van der Waals surface area contributed by atoms with Crippen LogP contribution in [0, 0.1) is 5.82 Å². The van der Waals surface area contributed by atoms with Gasteiger partial charge in [-0.3, -0.25) is 25.3 Å². The first-order valence-electron chi connectivity index (χ1n) is 12.1. The van der Waals surface area contributed by atoms with E-state index in [-0.39, 0.29) is 6.54 Å². The maximum absolute atomic E-state index is 14.5. The molecule has 1 aliphatic heterocycles. The minimum Gasteiger partial charge on any atom is -0.337 e. The molecular weight excluding hydrogens is 519 g/mol. The Morgan fingerprint density at radius 2 is 1.92 bits per heavy atom. The summed E-state index contributed by atoms with van der Waals surface area (Å²) in [5.74, 6) is 0.0271. The van der Waals surface area contributed by atoms with E-state index in [1.165, 1.54) is 12.1 Å². The van der Waals surface area contributed by atoms with Crippen LogP contribution in [0.4, 0.5) is 4.39 Å². The van der Waals surface area contributed by atoms with Gasteiger partial charge in [0.1, 0.15) is 17.0 Å². The number of sulfonamides is 1. The first-order valence-corrected chi connectivity index (χ1v) is 14.0. The smallest absolute Gasteiger partial charge is 0.209 e. The minimum atomic E-state index is -3.44. The van der Waals surface area contributed by atoms with Crippen molar-refractivity contribution >= 4 is 26.8 Å². The lowest BCUT2D eigenvalue weighted by atomic mass is 10.0. The summed E-state index contributed by atoms with van der Waals surface area (Å²) < 4.78 is 40.0. The lowest BCUT2D eigenvalue weighted by Gasteiger charge is -2.09. The van der Waals surface area contributed by atoms with Crippen LogP contribution in [0.25, 0.3) is 33.4 Å². The van der Waals surface area contributed by atoms with Gasteiger partial charge in [0.05, 0.1) is 29.8 Å². The molecule has 1 aromatic carbocycles. The number of fused-ring (bicyclic) bond motifs is 2. The number of nitrogens with zero attached hydrogens (tertiary/aromatic N) is 5. The fourth-order valence-electron chi connectivity index (χ4n) is 4.49. The van der Waals surface area contributed by atoms with Crippen molar-refractivity contribution in [1.82, 2.24) is 35.0 Å². The van der Waals surface area contributed by atoms with Gasteiger partial charge in [0.2, 0.25) is 10.0 Å². The van der Waals surface area contributed by atoms with E-state index in [1.54, 1.807) is 30.7 Å². The summed E-state index contributed by atoms with van der Waals surface area (Å²) in [4.78, 5) is 26.3. The molecule has 4 aromatic heterocycles. The number of H-pyrrole nitrogens is 1. The molecule has 39 heavy (non-hydrogen) atoms. The van der Waals surface area contributed by atoms with Crippen LogP contribution in [0.2, 0.25) is 0 Å². The summed E-state index contributed by atoms with van der Waals surface area (Å²) in [6.07, 6.45) is 8.00. The molecule has 0 aliphatic carbocycles. The van der Waals surface area contributed by atoms with Crippen molar-refractivity contribution in [2.24, 2.45) is 4.99 Å². The number of rotatable bonds is 6. The third-order valence-corrected chi connectivity index (χ3v) is 6.93. The quantitative estimate of drug-likeness (QED) is 0.300. The molecule has 1 aliphatic rings. The minimum absolute atomic E-state index is 0.0434. The second kappa shape index (κ2) is 10.1. The lowest BCUT2D eigenvalue weighted by Crippen LogP contribution is -2.21. The van der Waals surface area contributed by atoms with Crippen molar-refractivity contribution in [2.45, 2.75) is 13.1 Å². The van der Waals surface area contributed by atoms with Gasteiger partial charge in [-0.05, 0) is 42.0 Å². The normalized spacial score (nSPS) is 13.6. The van der Waals surface area contributed by atoms with Crippen molar-refractivity contribution in [3.63, 3.8) is 0 Å². The van der Waals surface area contributed by atoms with Crippen LogP contribution in [0.15, 0.2) is 72.2 Å². The zero-order valence-corrected chi connectivity index (χ0v) is 21.6. The Hall–Kier alpha value is -4.39. The Bertz CT molecular complexity index is 1840. The third-order valence-electron chi connectivity index (χ3n) is 6.26. The van der Waals surface area contributed by atoms with Crippen LogP contribution < -0.4 is 10.0 Å². The number of aromatic nitrogens is 5. The van der Waals surface area contributed by atoms with Gasteiger partial charge in [-0.15, -0.1) is 0 Å². The molecule has 0 saturated heterocycles. The maximum Gasteiger partial charge on any atom is 0.209 e. The van der Waals surface area contributed by atoms with Gasteiger partial charge in [-0.2, -0.15) is 0 Å². The van der Waals surface area contributed by atoms with E-state index < -0.39 is 15.8 Å². The van der Waals surface area contributed by atoms with E-state index in [9.17, 15) is 12.8 Å². The van der Waals surface area contributed by atoms with E-state index in [2.05, 4.69) is 30.0 Å². The van der Waals surface area contributed by atoms with Gasteiger partial charge < -0.3 is 4.98 Å². The first kappa shape index (κ1) is 24.9. The van der Waals surface area contributed by atoms with E-state index in [1.807, 2.05) is 24.4 Å². The first-order chi connectivity index (χ1) is 18.8. The number of hydrogen-bond donors (Lipinski definition) is 3. The number of halogens is 1. The second-order valence-electron chi connectivity index (χ2n) is 9.13. The van der Waals surface area contributed by atoms with Crippen molar-refractivity contribution in [1.29, 1.82) is 0 Å². The summed E-state index contributed by atoms with van der Waals surface area (Å²) in [6, 6.07) is 12.0. The third kappa shape index (κ3) is 5.30. The van der Waals surface area contributed by atoms with Gasteiger partial charge in [0, 0.05) is 60.1 Å². The number of benzene rings is 1. The zero-order valence-electron chi connectivity index (χ0n) is 20.8. The molecule has 0 saturated carbocycles. The fraction of sp³-hybridized carbons (Fsp3) is 0.148. The molecule has 0 radical (unpaired) electrons. The number of nitrogens with one attached hydrogen (secondary N) is 3. The standard InChI is InChI=1S/C27H23FN8O2S/c1-39(37,38)34-11-16-7-18(9-20(28)8-16)24-26-22(4-6-31-24)35-27(36-26)25-21-10-19(17-3-2-5-29-12-17)13-32-23(21)14-30-15-33-25/h2-10,12-13,30,34H,11,14-15H2,1H3,(H,35,36). The SMILES string of the molecule is CS(=O)(=O)NCc1cc(F)cc(-c2nccc3[nH]c(C4=NCNCc5ncc(-c6cccnc6)cc54)nc23)c1. The van der Waals surface area contributed by atoms with Crippen LogP contribution >= 0.6 is 0 Å². The molecule has 3 N–H and O–H groups in total. The van der Waals surface area contributed by atoms with E-state index in [4.69, 9.17) is 9.98 Å². The molecule has 0 spiro atoms. The molecule has 5 heterocycles. The van der Waals surface area contributed by atoms with Crippen molar-refractivity contribution in [3.8, 4) is 22.4 Å². The average Bonchev–Trinajstić information content (AvgIpc) is 3.25. The number of aromatic amines is 1. The average molecular weight is 543 g/mol. The monoisotopic (exact) mass is 542 g/mol. The molecule has 6 rings (SSSR count). The highest BCUT2D eigenvalue weighted by atomic mass is 32.2. The van der Waals surface area contributed by atoms with Gasteiger partial charge >= 0.3 is 0 Å². The topological polar surface area (TPSA) is 138 Å². The molecule has 0 fully saturated rings. The molecule has 10 nitrogen and oxygen atoms in total. The number of aliphatic imine (C=N–C) groups is 1. The van der Waals surface area contributed by atoms with E-state index in [0.717, 1.165) is 28.6 Å². The largest absolute Gasteiger partial charge is 0.337 e. The molecule has 0 atom stereocenters. The number of imidazole rings is 1. The van der Waals surface area contributed by atoms with Gasteiger partial charge in [0.25, 0.3) is 0 Å². The predicted molar refractivity (Wildman–Crippen MR) is 146 cm³/mol. The number of pyridine rings is 3. The fourth-order valence-corrected chi connectivity index (χ4v) is 4.92. The summed E-state index contributed by atoms with van der Waals surface area (Å²) in [5, 5.41) is 3.26. The molecule has 0 bridgehead atoms. The van der Waals surface area contributed by atoms with Crippen LogP contribution in [-0.4, -0.2) is 52.0 Å². The van der Waals surface area contributed by atoms with Gasteiger partial charge in [-0.25, -0.2) is 22.5 Å². The summed E-state index contributed by atoms with van der Waals surface area (Å²) in [5.41, 5.74) is 6.82. The van der Waals surface area contributed by atoms with Crippen molar-refractivity contribution < 1.29 is 12.8 Å². The molecule has 0 unspecified atom stereocenters. The summed E-state index contributed by atoms with van der Waals surface area (Å²) in [7, 11) is -3.44. The Kier molecular flexibility index (Phi) is 6.43. The molecule has 0 amide bonds. The van der Waals surface area contributed by atoms with Gasteiger partial charge in [-0.1, -0.05) is 6.07 Å². The van der Waals surface area contributed by atoms with Crippen molar-refractivity contribution in [3.05, 3.63) is 95.7 Å². The van der Waals surface area contributed by atoms with Crippen LogP contribution in [-0.2, 0) is 23.1 Å². The highest BCUT2D eigenvalue weighted by molar-refractivity contribution is 7.88. The summed E-state index contributed by atoms with van der Waals surface area (Å²) in [6.45, 7) is 0.894. The second-order valence-corrected chi connectivity index (χ2v) is 11.0. The molecular formula is C27H23FN8O2S. The Labute approximate surface area is 223 Å². The van der Waals surface area contributed by atoms with Gasteiger partial charge in [0.15, 0.2) is 5.82 Å². The van der Waals surface area contributed by atoms with E-state index >= 15 is 0 Å². The highest BCUT2D eigenvalue weighted by Crippen LogP contribution is 2.29. The molecule has 196 valence electrons. The van der Waals surface area contributed by atoms with Crippen LogP contribution in [0.3, 0.4) is 0 Å². The lowest BCUT2D eigenvalue weighted by molar-refractivity contribution is 0.586. The Morgan fingerprint density at radius 3 is 2.74 bits per heavy atom. The molecule has 12 heteroatoms. The maximum atomic E-state index is 14.5. The van der Waals surface area contributed by atoms with Crippen molar-refractivity contribution in [2.75, 3.05) is 12.9 Å². The van der Waals surface area contributed by atoms with Crippen LogP contribution in [0.1, 0.15) is 22.6 Å². The van der Waals surface area contributed by atoms with E-state index in [0.29, 0.717) is 52.6 Å². The van der Waals surface area contributed by atoms with Crippen LogP contribution in [0.5, 0.6) is 0 Å². The Balaban J connectivity index is 1.43. The predicted octanol–water partition coefficient (Wildman–Crippen LogP) is 3.17. The number of hydrogen-bond acceptors (Lipinski definition) is 8. The highest BCUT2D eigenvalue weighted by Gasteiger charge is 2.21.